The molecule has 0 fully saturated rings. The Morgan fingerprint density at radius 1 is 1.12 bits per heavy atom. The van der Waals surface area contributed by atoms with Gasteiger partial charge in [0.15, 0.2) is 0 Å². The van der Waals surface area contributed by atoms with Gasteiger partial charge >= 0.3 is 0 Å². The molecular formula is C19H18FN3O2S. The molecule has 1 atom stereocenters. The molecule has 7 heteroatoms. The summed E-state index contributed by atoms with van der Waals surface area (Å²) in [5.41, 5.74) is 3.71. The van der Waals surface area contributed by atoms with E-state index in [9.17, 15) is 9.18 Å². The van der Waals surface area contributed by atoms with Crippen LogP contribution in [0.2, 0.25) is 0 Å². The van der Waals surface area contributed by atoms with Crippen LogP contribution >= 0.6 is 11.8 Å². The number of benzene rings is 2. The Labute approximate surface area is 155 Å². The van der Waals surface area contributed by atoms with Crippen LogP contribution in [0.4, 0.5) is 10.1 Å². The molecule has 0 aliphatic rings. The molecule has 0 aliphatic heterocycles. The normalized spacial score (nSPS) is 12.0. The SMILES string of the molecule is Cc1ccc(-c2nnc(S[C@@H](C)C(=O)Nc3ccc(F)cc3)o2)cc1C. The fraction of sp³-hybridized carbons (Fsp3) is 0.211. The average Bonchev–Trinajstić information content (AvgIpc) is 3.07. The molecule has 1 amide bonds. The third-order valence-electron chi connectivity index (χ3n) is 3.92. The van der Waals surface area contributed by atoms with Gasteiger partial charge < -0.3 is 9.73 Å². The van der Waals surface area contributed by atoms with E-state index in [1.807, 2.05) is 32.0 Å². The van der Waals surface area contributed by atoms with Crippen molar-refractivity contribution in [2.75, 3.05) is 5.32 Å². The lowest BCUT2D eigenvalue weighted by molar-refractivity contribution is -0.115. The lowest BCUT2D eigenvalue weighted by Crippen LogP contribution is -2.22. The van der Waals surface area contributed by atoms with E-state index in [-0.39, 0.29) is 11.7 Å². The van der Waals surface area contributed by atoms with Gasteiger partial charge in [-0.2, -0.15) is 0 Å². The van der Waals surface area contributed by atoms with E-state index < -0.39 is 5.25 Å². The second kappa shape index (κ2) is 7.70. The molecule has 0 saturated carbocycles. The zero-order chi connectivity index (χ0) is 18.7. The minimum atomic E-state index is -0.451. The van der Waals surface area contributed by atoms with Crippen molar-refractivity contribution in [1.29, 1.82) is 0 Å². The van der Waals surface area contributed by atoms with Crippen molar-refractivity contribution in [3.8, 4) is 11.5 Å². The molecule has 134 valence electrons. The maximum Gasteiger partial charge on any atom is 0.277 e. The van der Waals surface area contributed by atoms with Gasteiger partial charge in [-0.3, -0.25) is 4.79 Å². The number of aryl methyl sites for hydroxylation is 2. The third kappa shape index (κ3) is 4.29. The number of carbonyl (C=O) groups is 1. The maximum absolute atomic E-state index is 12.9. The number of aromatic nitrogens is 2. The van der Waals surface area contributed by atoms with Crippen LogP contribution in [-0.2, 0) is 4.79 Å². The summed E-state index contributed by atoms with van der Waals surface area (Å²) in [6, 6.07) is 11.5. The summed E-state index contributed by atoms with van der Waals surface area (Å²) in [7, 11) is 0. The number of amides is 1. The summed E-state index contributed by atoms with van der Waals surface area (Å²) in [5.74, 6) is -0.163. The monoisotopic (exact) mass is 371 g/mol. The first-order chi connectivity index (χ1) is 12.4. The Balaban J connectivity index is 1.65. The molecule has 3 rings (SSSR count). The number of nitrogens with zero attached hydrogens (tertiary/aromatic N) is 2. The van der Waals surface area contributed by atoms with Crippen LogP contribution in [0.3, 0.4) is 0 Å². The van der Waals surface area contributed by atoms with Crippen molar-refractivity contribution in [2.24, 2.45) is 0 Å². The van der Waals surface area contributed by atoms with Gasteiger partial charge in [-0.05, 0) is 68.3 Å². The number of carbonyl (C=O) groups excluding carboxylic acids is 1. The van der Waals surface area contributed by atoms with Crippen molar-refractivity contribution in [3.63, 3.8) is 0 Å². The first kappa shape index (κ1) is 18.1. The van der Waals surface area contributed by atoms with E-state index >= 15 is 0 Å². The van der Waals surface area contributed by atoms with Gasteiger partial charge in [0.25, 0.3) is 5.22 Å². The molecule has 3 aromatic rings. The number of anilines is 1. The minimum Gasteiger partial charge on any atom is -0.411 e. The number of thioether (sulfide) groups is 1. The van der Waals surface area contributed by atoms with Crippen LogP contribution in [0.1, 0.15) is 18.1 Å². The molecular weight excluding hydrogens is 353 g/mol. The number of hydrogen-bond donors (Lipinski definition) is 1. The Hall–Kier alpha value is -2.67. The highest BCUT2D eigenvalue weighted by Crippen LogP contribution is 2.27. The highest BCUT2D eigenvalue weighted by molar-refractivity contribution is 8.00. The van der Waals surface area contributed by atoms with Crippen LogP contribution in [-0.4, -0.2) is 21.4 Å². The average molecular weight is 371 g/mol. The van der Waals surface area contributed by atoms with Crippen molar-refractivity contribution in [3.05, 3.63) is 59.4 Å². The molecule has 1 heterocycles. The second-order valence-corrected chi connectivity index (χ2v) is 7.22. The molecule has 0 unspecified atom stereocenters. The zero-order valence-electron chi connectivity index (χ0n) is 14.6. The van der Waals surface area contributed by atoms with Crippen molar-refractivity contribution >= 4 is 23.4 Å². The van der Waals surface area contributed by atoms with Gasteiger partial charge in [-0.1, -0.05) is 17.8 Å². The van der Waals surface area contributed by atoms with Crippen molar-refractivity contribution in [2.45, 2.75) is 31.2 Å². The van der Waals surface area contributed by atoms with Gasteiger partial charge in [0.05, 0.1) is 5.25 Å². The summed E-state index contributed by atoms with van der Waals surface area (Å²) in [6.07, 6.45) is 0. The summed E-state index contributed by atoms with van der Waals surface area (Å²) in [6.45, 7) is 5.80. The Kier molecular flexibility index (Phi) is 5.37. The predicted molar refractivity (Wildman–Crippen MR) is 99.6 cm³/mol. The molecule has 0 radical (unpaired) electrons. The van der Waals surface area contributed by atoms with Gasteiger partial charge in [0.2, 0.25) is 11.8 Å². The van der Waals surface area contributed by atoms with Crippen LogP contribution in [0.25, 0.3) is 11.5 Å². The van der Waals surface area contributed by atoms with Crippen molar-refractivity contribution in [1.82, 2.24) is 10.2 Å². The van der Waals surface area contributed by atoms with E-state index in [2.05, 4.69) is 15.5 Å². The third-order valence-corrected chi connectivity index (χ3v) is 4.85. The van der Waals surface area contributed by atoms with Gasteiger partial charge in [0, 0.05) is 11.3 Å². The highest BCUT2D eigenvalue weighted by atomic mass is 32.2. The summed E-state index contributed by atoms with van der Waals surface area (Å²) >= 11 is 1.17. The topological polar surface area (TPSA) is 68.0 Å². The number of halogens is 1. The number of nitrogens with one attached hydrogen (secondary N) is 1. The zero-order valence-corrected chi connectivity index (χ0v) is 15.4. The molecule has 0 aliphatic carbocycles. The van der Waals surface area contributed by atoms with Crippen LogP contribution in [0.5, 0.6) is 0 Å². The van der Waals surface area contributed by atoms with Gasteiger partial charge in [-0.15, -0.1) is 10.2 Å². The van der Waals surface area contributed by atoms with E-state index in [4.69, 9.17) is 4.42 Å². The van der Waals surface area contributed by atoms with Crippen LogP contribution in [0, 0.1) is 19.7 Å². The molecule has 1 N–H and O–H groups in total. The van der Waals surface area contributed by atoms with Gasteiger partial charge in [-0.25, -0.2) is 4.39 Å². The standard InChI is InChI=1S/C19H18FN3O2S/c1-11-4-5-14(10-12(11)2)18-22-23-19(25-18)26-13(3)17(24)21-16-8-6-15(20)7-9-16/h4-10,13H,1-3H3,(H,21,24)/t13-/m0/s1. The van der Waals surface area contributed by atoms with Crippen LogP contribution in [0.15, 0.2) is 52.1 Å². The maximum atomic E-state index is 12.9. The van der Waals surface area contributed by atoms with Crippen molar-refractivity contribution < 1.29 is 13.6 Å². The number of rotatable bonds is 5. The molecule has 2 aromatic carbocycles. The predicted octanol–water partition coefficient (Wildman–Crippen LogP) is 4.61. The van der Waals surface area contributed by atoms with E-state index in [0.717, 1.165) is 11.1 Å². The Morgan fingerprint density at radius 2 is 1.85 bits per heavy atom. The lowest BCUT2D eigenvalue weighted by Gasteiger charge is -2.09. The molecule has 5 nitrogen and oxygen atoms in total. The summed E-state index contributed by atoms with van der Waals surface area (Å²) in [5, 5.41) is 10.6. The first-order valence-electron chi connectivity index (χ1n) is 8.06. The Bertz CT molecular complexity index is 925. The molecule has 1 aromatic heterocycles. The summed E-state index contributed by atoms with van der Waals surface area (Å²) < 4.78 is 18.6. The molecule has 0 bridgehead atoms. The molecule has 26 heavy (non-hydrogen) atoms. The number of hydrogen-bond acceptors (Lipinski definition) is 5. The molecule has 0 spiro atoms. The smallest absolute Gasteiger partial charge is 0.277 e. The summed E-state index contributed by atoms with van der Waals surface area (Å²) in [4.78, 5) is 12.2. The van der Waals surface area contributed by atoms with E-state index in [0.29, 0.717) is 16.8 Å². The Morgan fingerprint density at radius 3 is 2.54 bits per heavy atom. The first-order valence-corrected chi connectivity index (χ1v) is 8.94. The van der Waals surface area contributed by atoms with E-state index in [1.54, 1.807) is 6.92 Å². The van der Waals surface area contributed by atoms with Gasteiger partial charge in [0.1, 0.15) is 5.82 Å². The fourth-order valence-electron chi connectivity index (χ4n) is 2.23. The van der Waals surface area contributed by atoms with E-state index in [1.165, 1.54) is 41.6 Å². The second-order valence-electron chi connectivity index (χ2n) is 5.93. The largest absolute Gasteiger partial charge is 0.411 e. The molecule has 0 saturated heterocycles. The minimum absolute atomic E-state index is 0.229. The lowest BCUT2D eigenvalue weighted by atomic mass is 10.1. The fourth-order valence-corrected chi connectivity index (χ4v) is 2.91. The quantitative estimate of drug-likeness (QED) is 0.663. The van der Waals surface area contributed by atoms with Crippen LogP contribution < -0.4 is 5.32 Å². The highest BCUT2D eigenvalue weighted by Gasteiger charge is 2.19.